The van der Waals surface area contributed by atoms with Crippen LogP contribution in [-0.4, -0.2) is 26.8 Å². The second-order valence-corrected chi connectivity index (χ2v) is 7.73. The average Bonchev–Trinajstić information content (AvgIpc) is 3.16. The number of hydrogen-bond donors (Lipinski definition) is 2. The quantitative estimate of drug-likeness (QED) is 0.454. The number of halogens is 3. The third kappa shape index (κ3) is 6.01. The molecule has 152 valence electrons. The summed E-state index contributed by atoms with van der Waals surface area (Å²) < 4.78 is 32.6. The fourth-order valence-electron chi connectivity index (χ4n) is 2.35. The second-order valence-electron chi connectivity index (χ2n) is 5.93. The molecule has 0 aliphatic heterocycles. The Morgan fingerprint density at radius 1 is 1.28 bits per heavy atom. The molecule has 10 heteroatoms. The number of hydrogen-bond acceptors (Lipinski definition) is 5. The maximum Gasteiger partial charge on any atom is 0.234 e. The van der Waals surface area contributed by atoms with Crippen molar-refractivity contribution in [2.75, 3.05) is 11.1 Å². The van der Waals surface area contributed by atoms with E-state index in [2.05, 4.69) is 43.4 Å². The van der Waals surface area contributed by atoms with Crippen LogP contribution in [0.25, 0.3) is 0 Å². The molecule has 1 aromatic heterocycles. The molecule has 0 radical (unpaired) electrons. The van der Waals surface area contributed by atoms with E-state index in [0.29, 0.717) is 17.0 Å². The summed E-state index contributed by atoms with van der Waals surface area (Å²) in [5.74, 6) is -0.878. The van der Waals surface area contributed by atoms with Crippen molar-refractivity contribution in [3.63, 3.8) is 0 Å². The number of ether oxygens (including phenoxy) is 1. The summed E-state index contributed by atoms with van der Waals surface area (Å²) in [4.78, 5) is 16.3. The van der Waals surface area contributed by atoms with Crippen molar-refractivity contribution in [3.8, 4) is 5.75 Å². The molecule has 0 saturated carbocycles. The van der Waals surface area contributed by atoms with Gasteiger partial charge >= 0.3 is 0 Å². The van der Waals surface area contributed by atoms with Gasteiger partial charge in [-0.15, -0.1) is 5.10 Å². The van der Waals surface area contributed by atoms with Crippen LogP contribution in [0.4, 0.5) is 14.5 Å². The van der Waals surface area contributed by atoms with Crippen molar-refractivity contribution in [2.24, 2.45) is 0 Å². The molecule has 0 aliphatic rings. The third-order valence-corrected chi connectivity index (χ3v) is 5.29. The van der Waals surface area contributed by atoms with Crippen molar-refractivity contribution in [1.29, 1.82) is 0 Å². The van der Waals surface area contributed by atoms with Crippen LogP contribution in [0, 0.1) is 11.6 Å². The molecule has 6 nitrogen and oxygen atoms in total. The highest BCUT2D eigenvalue weighted by Gasteiger charge is 2.14. The monoisotopic (exact) mass is 482 g/mol. The molecule has 1 amide bonds. The van der Waals surface area contributed by atoms with Gasteiger partial charge in [-0.1, -0.05) is 30.8 Å². The normalized spacial score (nSPS) is 10.8. The van der Waals surface area contributed by atoms with Gasteiger partial charge in [0.25, 0.3) is 0 Å². The smallest absolute Gasteiger partial charge is 0.234 e. The molecular weight excluding hydrogens is 466 g/mol. The van der Waals surface area contributed by atoms with Gasteiger partial charge in [0.15, 0.2) is 11.6 Å². The van der Waals surface area contributed by atoms with Crippen LogP contribution in [0.3, 0.4) is 0 Å². The Hall–Kier alpha value is -2.46. The van der Waals surface area contributed by atoms with Gasteiger partial charge < -0.3 is 10.1 Å². The number of thioether (sulfide) groups is 1. The predicted molar refractivity (Wildman–Crippen MR) is 110 cm³/mol. The van der Waals surface area contributed by atoms with Crippen LogP contribution in [0.1, 0.15) is 18.3 Å². The van der Waals surface area contributed by atoms with Crippen LogP contribution >= 0.6 is 27.7 Å². The zero-order valence-corrected chi connectivity index (χ0v) is 17.7. The molecule has 3 aromatic rings. The van der Waals surface area contributed by atoms with Gasteiger partial charge in [0, 0.05) is 10.5 Å². The topological polar surface area (TPSA) is 79.9 Å². The molecule has 1 heterocycles. The number of nitrogens with one attached hydrogen (secondary N) is 2. The Bertz CT molecular complexity index is 975. The van der Waals surface area contributed by atoms with E-state index >= 15 is 0 Å². The lowest BCUT2D eigenvalue weighted by atomic mass is 10.2. The largest absolute Gasteiger partial charge is 0.486 e. The van der Waals surface area contributed by atoms with Crippen molar-refractivity contribution in [1.82, 2.24) is 15.2 Å². The van der Waals surface area contributed by atoms with E-state index < -0.39 is 17.5 Å². The van der Waals surface area contributed by atoms with Crippen LogP contribution in [0.15, 0.2) is 46.0 Å². The minimum absolute atomic E-state index is 0.0418. The minimum atomic E-state index is -0.862. The van der Waals surface area contributed by atoms with Crippen LogP contribution in [0.2, 0.25) is 0 Å². The van der Waals surface area contributed by atoms with Crippen LogP contribution in [0.5, 0.6) is 5.75 Å². The first-order valence-electron chi connectivity index (χ1n) is 8.64. The van der Waals surface area contributed by atoms with Crippen LogP contribution in [-0.2, 0) is 17.8 Å². The summed E-state index contributed by atoms with van der Waals surface area (Å²) >= 11 is 4.10. The van der Waals surface area contributed by atoms with Crippen molar-refractivity contribution >= 4 is 39.3 Å². The summed E-state index contributed by atoms with van der Waals surface area (Å²) in [6.07, 6.45) is 0.960. The number of rotatable bonds is 8. The Kier molecular flexibility index (Phi) is 7.21. The number of amides is 1. The molecule has 0 saturated heterocycles. The van der Waals surface area contributed by atoms with E-state index in [1.54, 1.807) is 0 Å². The molecule has 0 fully saturated rings. The molecule has 0 aliphatic carbocycles. The summed E-state index contributed by atoms with van der Waals surface area (Å²) in [6, 6.07) is 9.55. The number of aromatic amines is 1. The number of aryl methyl sites for hydroxylation is 1. The van der Waals surface area contributed by atoms with Crippen molar-refractivity contribution < 1.29 is 18.3 Å². The zero-order valence-electron chi connectivity index (χ0n) is 15.3. The highest BCUT2D eigenvalue weighted by Crippen LogP contribution is 2.27. The van der Waals surface area contributed by atoms with E-state index in [1.807, 2.05) is 24.3 Å². The number of H-pyrrole nitrogens is 1. The van der Waals surface area contributed by atoms with Gasteiger partial charge in [0.05, 0.1) is 11.4 Å². The highest BCUT2D eigenvalue weighted by molar-refractivity contribution is 9.10. The number of carbonyl (C=O) groups excluding carboxylic acids is 1. The molecule has 3 rings (SSSR count). The minimum Gasteiger partial charge on any atom is -0.486 e. The van der Waals surface area contributed by atoms with Crippen molar-refractivity contribution in [2.45, 2.75) is 25.1 Å². The van der Waals surface area contributed by atoms with E-state index in [4.69, 9.17) is 4.74 Å². The third-order valence-electron chi connectivity index (χ3n) is 3.82. The van der Waals surface area contributed by atoms with E-state index in [9.17, 15) is 13.6 Å². The molecule has 0 spiro atoms. The fourth-order valence-corrected chi connectivity index (χ4v) is 3.47. The van der Waals surface area contributed by atoms with Gasteiger partial charge in [-0.25, -0.2) is 13.8 Å². The summed E-state index contributed by atoms with van der Waals surface area (Å²) in [7, 11) is 0. The summed E-state index contributed by atoms with van der Waals surface area (Å²) in [5.41, 5.74) is 1.11. The second kappa shape index (κ2) is 9.84. The van der Waals surface area contributed by atoms with Crippen molar-refractivity contribution in [3.05, 3.63) is 63.9 Å². The molecule has 0 unspecified atom stereocenters. The Labute approximate surface area is 178 Å². The Morgan fingerprint density at radius 3 is 2.72 bits per heavy atom. The first-order valence-corrected chi connectivity index (χ1v) is 10.4. The highest BCUT2D eigenvalue weighted by atomic mass is 79.9. The van der Waals surface area contributed by atoms with E-state index in [0.717, 1.165) is 30.0 Å². The first-order chi connectivity index (χ1) is 13.9. The number of carbonyl (C=O) groups is 1. The van der Waals surface area contributed by atoms with Gasteiger partial charge in [-0.3, -0.25) is 9.89 Å². The molecular formula is C19H17BrF2N4O2S. The Balaban J connectivity index is 1.49. The average molecular weight is 483 g/mol. The summed E-state index contributed by atoms with van der Waals surface area (Å²) in [5, 5.41) is 9.52. The van der Waals surface area contributed by atoms with E-state index in [1.165, 1.54) is 5.56 Å². The Morgan fingerprint density at radius 2 is 2.03 bits per heavy atom. The number of nitrogens with zero attached hydrogens (tertiary/aromatic N) is 2. The lowest BCUT2D eigenvalue weighted by molar-refractivity contribution is -0.113. The SMILES string of the molecule is CCc1ccc(OCc2nc(SCC(=O)Nc3c(F)cc(F)cc3Br)n[nH]2)cc1. The first kappa shape index (κ1) is 21.3. The number of benzene rings is 2. The van der Waals surface area contributed by atoms with Gasteiger partial charge in [-0.05, 0) is 46.1 Å². The zero-order chi connectivity index (χ0) is 20.8. The fraction of sp³-hybridized carbons (Fsp3) is 0.211. The maximum absolute atomic E-state index is 13.8. The lowest BCUT2D eigenvalue weighted by Crippen LogP contribution is -2.15. The van der Waals surface area contributed by atoms with E-state index in [-0.39, 0.29) is 22.5 Å². The maximum atomic E-state index is 13.8. The van der Waals surface area contributed by atoms with Gasteiger partial charge in [0.2, 0.25) is 11.1 Å². The van der Waals surface area contributed by atoms with Crippen LogP contribution < -0.4 is 10.1 Å². The lowest BCUT2D eigenvalue weighted by Gasteiger charge is -2.08. The predicted octanol–water partition coefficient (Wildman–Crippen LogP) is 4.72. The molecule has 0 bridgehead atoms. The molecule has 29 heavy (non-hydrogen) atoms. The number of anilines is 1. The van der Waals surface area contributed by atoms with Gasteiger partial charge in [0.1, 0.15) is 18.2 Å². The van der Waals surface area contributed by atoms with Gasteiger partial charge in [-0.2, -0.15) is 0 Å². The summed E-state index contributed by atoms with van der Waals surface area (Å²) in [6.45, 7) is 2.29. The standard InChI is InChI=1S/C19H17BrF2N4O2S/c1-2-11-3-5-13(6-4-11)28-9-16-23-19(26-25-16)29-10-17(27)24-18-14(20)7-12(21)8-15(18)22/h3-8H,2,9-10H2,1H3,(H,24,27)(H,23,25,26). The number of aromatic nitrogens is 3. The molecule has 2 N–H and O–H groups in total. The molecule has 0 atom stereocenters. The molecule has 2 aromatic carbocycles.